The molecule has 3 rings (SSSR count). The summed E-state index contributed by atoms with van der Waals surface area (Å²) in [5.74, 6) is -6.66. The molecule has 2 aromatic carbocycles. The summed E-state index contributed by atoms with van der Waals surface area (Å²) >= 11 is 0. The van der Waals surface area contributed by atoms with Gasteiger partial charge >= 0.3 is 0 Å². The minimum atomic E-state index is -1.93. The zero-order valence-corrected chi connectivity index (χ0v) is 15.3. The molecule has 1 saturated heterocycles. The molecular weight excluding hydrogens is 360 g/mol. The fourth-order valence-corrected chi connectivity index (χ4v) is 3.57. The van der Waals surface area contributed by atoms with Crippen molar-refractivity contribution in [1.82, 2.24) is 0 Å². The van der Waals surface area contributed by atoms with Crippen LogP contribution >= 0.6 is 0 Å². The van der Waals surface area contributed by atoms with E-state index in [1.807, 2.05) is 6.92 Å². The van der Waals surface area contributed by atoms with Gasteiger partial charge < -0.3 is 9.84 Å². The fourth-order valence-electron chi connectivity index (χ4n) is 3.57. The Hall–Kier alpha value is -1.92. The molecule has 2 aromatic rings. The second kappa shape index (κ2) is 7.60. The topological polar surface area (TPSA) is 29.5 Å². The minimum Gasteiger partial charge on any atom is -0.362 e. The predicted octanol–water partition coefficient (Wildman–Crippen LogP) is 5.59. The van der Waals surface area contributed by atoms with Crippen LogP contribution in [-0.2, 0) is 10.5 Å². The van der Waals surface area contributed by atoms with Gasteiger partial charge in [-0.1, -0.05) is 31.5 Å². The first-order valence-corrected chi connectivity index (χ1v) is 9.08. The maximum absolute atomic E-state index is 14.7. The summed E-state index contributed by atoms with van der Waals surface area (Å²) in [6, 6.07) is 4.81. The van der Waals surface area contributed by atoms with Gasteiger partial charge in [-0.3, -0.25) is 0 Å². The van der Waals surface area contributed by atoms with Crippen molar-refractivity contribution in [2.45, 2.75) is 45.3 Å². The second-order valence-electron chi connectivity index (χ2n) is 7.14. The quantitative estimate of drug-likeness (QED) is 0.699. The van der Waals surface area contributed by atoms with Crippen LogP contribution in [0.5, 0.6) is 0 Å². The van der Waals surface area contributed by atoms with E-state index in [1.54, 1.807) is 0 Å². The van der Waals surface area contributed by atoms with Gasteiger partial charge in [0.1, 0.15) is 0 Å². The van der Waals surface area contributed by atoms with E-state index in [-0.39, 0.29) is 35.6 Å². The van der Waals surface area contributed by atoms with Gasteiger partial charge in [0.15, 0.2) is 29.1 Å². The van der Waals surface area contributed by atoms with E-state index in [9.17, 15) is 22.7 Å². The third kappa shape index (κ3) is 3.60. The van der Waals surface area contributed by atoms with Crippen molar-refractivity contribution in [2.75, 3.05) is 6.61 Å². The number of ether oxygens (including phenoxy) is 1. The molecule has 0 spiro atoms. The van der Waals surface area contributed by atoms with Crippen LogP contribution in [0.25, 0.3) is 11.1 Å². The van der Waals surface area contributed by atoms with E-state index in [1.165, 1.54) is 25.1 Å². The molecule has 27 heavy (non-hydrogen) atoms. The van der Waals surface area contributed by atoms with Crippen LogP contribution in [0.1, 0.15) is 43.7 Å². The Morgan fingerprint density at radius 3 is 2.22 bits per heavy atom. The summed E-state index contributed by atoms with van der Waals surface area (Å²) in [6.07, 6.45) is 2.68. The highest BCUT2D eigenvalue weighted by atomic mass is 19.2. The molecule has 0 aliphatic carbocycles. The van der Waals surface area contributed by atoms with Crippen LogP contribution < -0.4 is 0 Å². The first-order chi connectivity index (χ1) is 12.8. The Morgan fingerprint density at radius 1 is 1.00 bits per heavy atom. The molecule has 0 aromatic heterocycles. The molecule has 1 aliphatic rings. The highest BCUT2D eigenvalue weighted by Gasteiger charge is 2.39. The van der Waals surface area contributed by atoms with Crippen molar-refractivity contribution in [3.63, 3.8) is 0 Å². The van der Waals surface area contributed by atoms with Crippen molar-refractivity contribution in [1.29, 1.82) is 0 Å². The molecule has 0 saturated carbocycles. The molecular formula is C21H22F4O2. The first kappa shape index (κ1) is 19.8. The molecule has 1 aliphatic heterocycles. The van der Waals surface area contributed by atoms with Gasteiger partial charge in [-0.2, -0.15) is 0 Å². The Balaban J connectivity index is 1.96. The number of benzene rings is 2. The molecule has 1 N–H and O–H groups in total. The van der Waals surface area contributed by atoms with Gasteiger partial charge in [-0.25, -0.2) is 17.6 Å². The zero-order chi connectivity index (χ0) is 19.8. The Kier molecular flexibility index (Phi) is 5.58. The van der Waals surface area contributed by atoms with Gasteiger partial charge in [-0.15, -0.1) is 0 Å². The lowest BCUT2D eigenvalue weighted by Gasteiger charge is -2.36. The van der Waals surface area contributed by atoms with Crippen LogP contribution in [0.15, 0.2) is 24.3 Å². The monoisotopic (exact) mass is 382 g/mol. The Bertz CT molecular complexity index is 843. The fraction of sp³-hybridized carbons (Fsp3) is 0.429. The minimum absolute atomic E-state index is 0.0697. The molecule has 1 fully saturated rings. The molecule has 1 heterocycles. The highest BCUT2D eigenvalue weighted by Crippen LogP contribution is 2.39. The van der Waals surface area contributed by atoms with Gasteiger partial charge in [0.2, 0.25) is 0 Å². The smallest absolute Gasteiger partial charge is 0.195 e. The Morgan fingerprint density at radius 2 is 1.63 bits per heavy atom. The van der Waals surface area contributed by atoms with Crippen LogP contribution in [0.3, 0.4) is 0 Å². The molecule has 6 heteroatoms. The lowest BCUT2D eigenvalue weighted by molar-refractivity contribution is -0.247. The van der Waals surface area contributed by atoms with Crippen molar-refractivity contribution in [3.8, 4) is 11.1 Å². The third-order valence-electron chi connectivity index (χ3n) is 5.21. The molecule has 2 unspecified atom stereocenters. The summed E-state index contributed by atoms with van der Waals surface area (Å²) in [6.45, 7) is 3.68. The van der Waals surface area contributed by atoms with Crippen molar-refractivity contribution in [2.24, 2.45) is 5.92 Å². The summed E-state index contributed by atoms with van der Waals surface area (Å²) in [7, 11) is 0. The zero-order valence-electron chi connectivity index (χ0n) is 15.3. The summed E-state index contributed by atoms with van der Waals surface area (Å²) in [4.78, 5) is 0. The standard InChI is InChI=1S/C21H22F4O2/c1-3-4-13-9-10-21(26,27-11-13)16-8-7-15(19(24)20(16)25)14-6-5-12(2)17(22)18(14)23/h5-8,13,26H,3-4,9-11H2,1-2H3. The summed E-state index contributed by atoms with van der Waals surface area (Å²) < 4.78 is 62.8. The van der Waals surface area contributed by atoms with Crippen LogP contribution in [0.4, 0.5) is 17.6 Å². The molecule has 146 valence electrons. The first-order valence-electron chi connectivity index (χ1n) is 9.08. The van der Waals surface area contributed by atoms with Gasteiger partial charge in [0, 0.05) is 23.1 Å². The van der Waals surface area contributed by atoms with E-state index in [4.69, 9.17) is 4.74 Å². The number of rotatable bonds is 4. The van der Waals surface area contributed by atoms with E-state index >= 15 is 0 Å². The van der Waals surface area contributed by atoms with Crippen molar-refractivity contribution < 1.29 is 27.4 Å². The number of hydrogen-bond donors (Lipinski definition) is 1. The number of aliphatic hydroxyl groups is 1. The number of halogens is 4. The lowest BCUT2D eigenvalue weighted by atomic mass is 9.88. The molecule has 2 nitrogen and oxygen atoms in total. The predicted molar refractivity (Wildman–Crippen MR) is 93.9 cm³/mol. The van der Waals surface area contributed by atoms with Crippen LogP contribution in [-0.4, -0.2) is 11.7 Å². The largest absolute Gasteiger partial charge is 0.362 e. The number of aryl methyl sites for hydroxylation is 1. The van der Waals surface area contributed by atoms with Crippen molar-refractivity contribution >= 4 is 0 Å². The van der Waals surface area contributed by atoms with Gasteiger partial charge in [0.25, 0.3) is 0 Å². The number of hydrogen-bond acceptors (Lipinski definition) is 2. The third-order valence-corrected chi connectivity index (χ3v) is 5.21. The summed E-state index contributed by atoms with van der Waals surface area (Å²) in [5, 5.41) is 10.7. The normalized spacial score (nSPS) is 22.9. The van der Waals surface area contributed by atoms with E-state index in [2.05, 4.69) is 0 Å². The molecule has 0 amide bonds. The molecule has 0 bridgehead atoms. The average molecular weight is 382 g/mol. The molecule has 0 radical (unpaired) electrons. The van der Waals surface area contributed by atoms with Crippen LogP contribution in [0.2, 0.25) is 0 Å². The van der Waals surface area contributed by atoms with E-state index < -0.39 is 34.6 Å². The summed E-state index contributed by atoms with van der Waals surface area (Å²) in [5.41, 5.74) is -1.04. The maximum atomic E-state index is 14.7. The Labute approximate surface area is 155 Å². The SMILES string of the molecule is CCCC1CCC(O)(c2ccc(-c3ccc(C)c(F)c3F)c(F)c2F)OC1. The average Bonchev–Trinajstić information content (AvgIpc) is 2.65. The van der Waals surface area contributed by atoms with Crippen LogP contribution in [0, 0.1) is 36.1 Å². The van der Waals surface area contributed by atoms with Gasteiger partial charge in [0.05, 0.1) is 6.61 Å². The highest BCUT2D eigenvalue weighted by molar-refractivity contribution is 5.66. The van der Waals surface area contributed by atoms with E-state index in [0.717, 1.165) is 18.9 Å². The van der Waals surface area contributed by atoms with E-state index in [0.29, 0.717) is 6.42 Å². The lowest BCUT2D eigenvalue weighted by Crippen LogP contribution is -2.37. The van der Waals surface area contributed by atoms with Gasteiger partial charge in [-0.05, 0) is 37.3 Å². The maximum Gasteiger partial charge on any atom is 0.195 e. The second-order valence-corrected chi connectivity index (χ2v) is 7.14. The molecule has 2 atom stereocenters. The van der Waals surface area contributed by atoms with Crippen molar-refractivity contribution in [3.05, 3.63) is 58.7 Å².